The van der Waals surface area contributed by atoms with Gasteiger partial charge in [-0.05, 0) is 33.3 Å². The Morgan fingerprint density at radius 2 is 2.20 bits per heavy atom. The number of rotatable bonds is 3. The second kappa shape index (κ2) is 6.75. The molecule has 2 aromatic rings. The van der Waals surface area contributed by atoms with Gasteiger partial charge in [0.1, 0.15) is 5.60 Å². The van der Waals surface area contributed by atoms with Crippen molar-refractivity contribution < 1.29 is 9.53 Å². The summed E-state index contributed by atoms with van der Waals surface area (Å²) in [5, 5.41) is 5.77. The summed E-state index contributed by atoms with van der Waals surface area (Å²) in [5.74, 6) is 0. The van der Waals surface area contributed by atoms with Crippen molar-refractivity contribution in [1.29, 1.82) is 0 Å². The summed E-state index contributed by atoms with van der Waals surface area (Å²) in [4.78, 5) is 18.3. The van der Waals surface area contributed by atoms with E-state index in [0.717, 1.165) is 28.4 Å². The van der Waals surface area contributed by atoms with Gasteiger partial charge in [0.05, 0.1) is 0 Å². The first-order chi connectivity index (χ1) is 11.9. The first-order valence-corrected chi connectivity index (χ1v) is 8.61. The van der Waals surface area contributed by atoms with E-state index in [9.17, 15) is 4.79 Å². The zero-order valence-corrected chi connectivity index (χ0v) is 15.1. The zero-order valence-electron chi connectivity index (χ0n) is 15.1. The molecule has 1 aliphatic rings. The fourth-order valence-corrected chi connectivity index (χ4v) is 3.13. The number of hydrogen-bond acceptors (Lipinski definition) is 4. The van der Waals surface area contributed by atoms with Crippen LogP contribution in [0.1, 0.15) is 32.8 Å². The maximum Gasteiger partial charge on any atom is 0.410 e. The zero-order chi connectivity index (χ0) is 18.0. The summed E-state index contributed by atoms with van der Waals surface area (Å²) >= 11 is 0. The summed E-state index contributed by atoms with van der Waals surface area (Å²) in [6.07, 6.45) is 6.15. The fraction of sp³-hybridized carbons (Fsp3) is 0.400. The molecule has 5 nitrogen and oxygen atoms in total. The Morgan fingerprint density at radius 3 is 2.92 bits per heavy atom. The number of benzene rings is 1. The molecule has 5 heteroatoms. The first-order valence-electron chi connectivity index (χ1n) is 8.61. The van der Waals surface area contributed by atoms with Gasteiger partial charge in [-0.15, -0.1) is 0 Å². The minimum absolute atomic E-state index is 0.198. The highest BCUT2D eigenvalue weighted by atomic mass is 16.6. The Labute approximate surface area is 148 Å². The number of carbonyl (C=O) groups is 1. The normalized spacial score (nSPS) is 17.6. The molecule has 1 amide bonds. The average Bonchev–Trinajstić information content (AvgIpc) is 3.01. The van der Waals surface area contributed by atoms with E-state index in [-0.39, 0.29) is 12.1 Å². The number of carbonyl (C=O) groups excluding carboxylic acids is 1. The van der Waals surface area contributed by atoms with Crippen molar-refractivity contribution in [2.24, 2.45) is 0 Å². The van der Waals surface area contributed by atoms with Gasteiger partial charge in [-0.3, -0.25) is 4.98 Å². The third-order valence-electron chi connectivity index (χ3n) is 4.23. The molecule has 1 aliphatic heterocycles. The number of nitrogens with zero attached hydrogens (tertiary/aromatic N) is 2. The molecule has 1 aromatic carbocycles. The highest BCUT2D eigenvalue weighted by molar-refractivity contribution is 5.99. The van der Waals surface area contributed by atoms with Crippen LogP contribution in [-0.2, 0) is 4.74 Å². The van der Waals surface area contributed by atoms with E-state index in [0.29, 0.717) is 13.1 Å². The number of likely N-dealkylation sites (tertiary alicyclic amines) is 1. The van der Waals surface area contributed by atoms with Crippen molar-refractivity contribution in [1.82, 2.24) is 9.88 Å². The maximum absolute atomic E-state index is 12.2. The third-order valence-corrected chi connectivity index (χ3v) is 4.23. The number of amides is 1. The number of hydrogen-bond donors (Lipinski definition) is 1. The molecule has 1 atom stereocenters. The van der Waals surface area contributed by atoms with Gasteiger partial charge >= 0.3 is 6.09 Å². The molecule has 1 aromatic heterocycles. The van der Waals surface area contributed by atoms with Gasteiger partial charge in [0.2, 0.25) is 0 Å². The number of nitrogens with one attached hydrogen (secondary N) is 1. The van der Waals surface area contributed by atoms with E-state index in [2.05, 4.69) is 22.9 Å². The molecular weight excluding hydrogens is 314 g/mol. The lowest BCUT2D eigenvalue weighted by Gasteiger charge is -2.24. The van der Waals surface area contributed by atoms with E-state index in [1.807, 2.05) is 51.4 Å². The largest absolute Gasteiger partial charge is 0.444 e. The molecule has 1 fully saturated rings. The predicted molar refractivity (Wildman–Crippen MR) is 102 cm³/mol. The second-order valence-electron chi connectivity index (χ2n) is 7.39. The van der Waals surface area contributed by atoms with Gasteiger partial charge in [0.25, 0.3) is 0 Å². The van der Waals surface area contributed by atoms with Crippen LogP contribution in [0.2, 0.25) is 0 Å². The van der Waals surface area contributed by atoms with Crippen molar-refractivity contribution in [3.8, 4) is 0 Å². The molecule has 25 heavy (non-hydrogen) atoms. The van der Waals surface area contributed by atoms with Crippen molar-refractivity contribution in [3.05, 3.63) is 42.7 Å². The molecule has 0 bridgehead atoms. The third kappa shape index (κ3) is 3.92. The number of pyridine rings is 1. The van der Waals surface area contributed by atoms with Gasteiger partial charge in [-0.1, -0.05) is 24.8 Å². The summed E-state index contributed by atoms with van der Waals surface area (Å²) in [7, 11) is 0. The summed E-state index contributed by atoms with van der Waals surface area (Å²) in [6.45, 7) is 10.9. The van der Waals surface area contributed by atoms with Crippen LogP contribution in [0.25, 0.3) is 16.8 Å². The quantitative estimate of drug-likeness (QED) is 0.906. The Hall–Kier alpha value is -2.56. The smallest absolute Gasteiger partial charge is 0.410 e. The second-order valence-corrected chi connectivity index (χ2v) is 7.39. The molecule has 0 radical (unpaired) electrons. The van der Waals surface area contributed by atoms with Crippen molar-refractivity contribution >= 4 is 28.6 Å². The fourth-order valence-electron chi connectivity index (χ4n) is 3.13. The van der Waals surface area contributed by atoms with E-state index >= 15 is 0 Å². The minimum atomic E-state index is -0.468. The van der Waals surface area contributed by atoms with Crippen molar-refractivity contribution in [3.63, 3.8) is 0 Å². The Kier molecular flexibility index (Phi) is 4.66. The van der Waals surface area contributed by atoms with Crippen molar-refractivity contribution in [2.45, 2.75) is 38.8 Å². The molecule has 1 saturated heterocycles. The van der Waals surface area contributed by atoms with Crippen LogP contribution in [0.3, 0.4) is 0 Å². The maximum atomic E-state index is 12.2. The first kappa shape index (κ1) is 17.3. The number of ether oxygens (including phenoxy) is 1. The van der Waals surface area contributed by atoms with Crippen LogP contribution in [0.5, 0.6) is 0 Å². The molecule has 0 saturated carbocycles. The van der Waals surface area contributed by atoms with Gasteiger partial charge in [-0.2, -0.15) is 0 Å². The highest BCUT2D eigenvalue weighted by Gasteiger charge is 2.29. The molecule has 2 heterocycles. The van der Waals surface area contributed by atoms with E-state index in [1.54, 1.807) is 4.90 Å². The SMILES string of the molecule is C=Cc1cncc2cccc(NC3CCN(C(=O)OC(C)(C)C)C3)c12. The molecular formula is C20H25N3O2. The van der Waals surface area contributed by atoms with Crippen LogP contribution >= 0.6 is 0 Å². The summed E-state index contributed by atoms with van der Waals surface area (Å²) in [5.41, 5.74) is 1.58. The van der Waals surface area contributed by atoms with Crippen LogP contribution in [0, 0.1) is 0 Å². The Bertz CT molecular complexity index is 790. The molecule has 1 N–H and O–H groups in total. The van der Waals surface area contributed by atoms with Gasteiger partial charge in [0, 0.05) is 53.5 Å². The lowest BCUT2D eigenvalue weighted by molar-refractivity contribution is 0.0293. The predicted octanol–water partition coefficient (Wildman–Crippen LogP) is 4.30. The van der Waals surface area contributed by atoms with E-state index in [1.165, 1.54) is 0 Å². The van der Waals surface area contributed by atoms with Crippen LogP contribution in [0.4, 0.5) is 10.5 Å². The highest BCUT2D eigenvalue weighted by Crippen LogP contribution is 2.29. The van der Waals surface area contributed by atoms with Crippen molar-refractivity contribution in [2.75, 3.05) is 18.4 Å². The topological polar surface area (TPSA) is 54.5 Å². The lowest BCUT2D eigenvalue weighted by Crippen LogP contribution is -2.36. The van der Waals surface area contributed by atoms with Crippen LogP contribution in [-0.4, -0.2) is 40.7 Å². The van der Waals surface area contributed by atoms with Crippen LogP contribution in [0.15, 0.2) is 37.2 Å². The van der Waals surface area contributed by atoms with Gasteiger partial charge in [0.15, 0.2) is 0 Å². The number of anilines is 1. The standard InChI is InChI=1S/C20H25N3O2/c1-5-14-11-21-12-15-7-6-8-17(18(14)15)22-16-9-10-23(13-16)19(24)25-20(2,3)4/h5-8,11-12,16,22H,1,9-10,13H2,2-4H3. The van der Waals surface area contributed by atoms with Gasteiger partial charge < -0.3 is 15.0 Å². The molecule has 3 rings (SSSR count). The average molecular weight is 339 g/mol. The number of fused-ring (bicyclic) bond motifs is 1. The monoisotopic (exact) mass is 339 g/mol. The van der Waals surface area contributed by atoms with E-state index < -0.39 is 5.60 Å². The van der Waals surface area contributed by atoms with Crippen LogP contribution < -0.4 is 5.32 Å². The Morgan fingerprint density at radius 1 is 1.40 bits per heavy atom. The minimum Gasteiger partial charge on any atom is -0.444 e. The van der Waals surface area contributed by atoms with Gasteiger partial charge in [-0.25, -0.2) is 4.79 Å². The lowest BCUT2D eigenvalue weighted by atomic mass is 10.0. The molecule has 0 spiro atoms. The number of aromatic nitrogens is 1. The molecule has 0 aliphatic carbocycles. The summed E-state index contributed by atoms with van der Waals surface area (Å²) in [6, 6.07) is 6.32. The molecule has 1 unspecified atom stereocenters. The summed E-state index contributed by atoms with van der Waals surface area (Å²) < 4.78 is 5.46. The van der Waals surface area contributed by atoms with E-state index in [4.69, 9.17) is 4.74 Å². The Balaban J connectivity index is 1.75. The molecule has 132 valence electrons.